The van der Waals surface area contributed by atoms with Gasteiger partial charge in [-0.2, -0.15) is 5.26 Å². The number of nitriles is 1. The van der Waals surface area contributed by atoms with Gasteiger partial charge >= 0.3 is 0 Å². The summed E-state index contributed by atoms with van der Waals surface area (Å²) in [5.74, 6) is 0.344. The number of carbonyl (C=O) groups excluding carboxylic acids is 1. The van der Waals surface area contributed by atoms with Crippen LogP contribution in [0, 0.1) is 11.3 Å². The number of ether oxygens (including phenoxy) is 2. The number of primary amides is 1. The molecule has 0 aromatic heterocycles. The van der Waals surface area contributed by atoms with Crippen LogP contribution in [0.1, 0.15) is 5.56 Å². The molecule has 0 aliphatic carbocycles. The Bertz CT molecular complexity index is 501. The predicted molar refractivity (Wildman–Crippen MR) is 62.3 cm³/mol. The van der Waals surface area contributed by atoms with Crippen molar-refractivity contribution in [2.75, 3.05) is 14.2 Å². The third kappa shape index (κ3) is 2.98. The summed E-state index contributed by atoms with van der Waals surface area (Å²) in [6.45, 7) is 0. The second-order valence-electron chi connectivity index (χ2n) is 3.14. The highest BCUT2D eigenvalue weighted by molar-refractivity contribution is 6.00. The third-order valence-electron chi connectivity index (χ3n) is 2.12. The fourth-order valence-electron chi connectivity index (χ4n) is 1.27. The summed E-state index contributed by atoms with van der Waals surface area (Å²) >= 11 is 0. The molecule has 0 aliphatic heterocycles. The first-order chi connectivity index (χ1) is 8.12. The molecule has 0 saturated heterocycles. The van der Waals surface area contributed by atoms with Crippen molar-refractivity contribution in [3.05, 3.63) is 29.3 Å². The summed E-state index contributed by atoms with van der Waals surface area (Å²) in [7, 11) is 3.02. The van der Waals surface area contributed by atoms with E-state index < -0.39 is 5.91 Å². The molecule has 0 fully saturated rings. The van der Waals surface area contributed by atoms with E-state index in [0.29, 0.717) is 17.1 Å². The Hall–Kier alpha value is -2.48. The number of rotatable bonds is 4. The largest absolute Gasteiger partial charge is 0.497 e. The number of benzene rings is 1. The number of hydrogen-bond donors (Lipinski definition) is 1. The first-order valence-corrected chi connectivity index (χ1v) is 4.76. The van der Waals surface area contributed by atoms with Crippen molar-refractivity contribution in [3.8, 4) is 17.6 Å². The highest BCUT2D eigenvalue weighted by atomic mass is 16.5. The molecule has 0 bridgehead atoms. The standard InChI is InChI=1S/C12H12N2O3/c1-16-10-3-4-11(17-2)8(6-10)5-9(7-13)12(14)15/h3-6H,1-2H3,(H2,14,15)/b9-5+. The van der Waals surface area contributed by atoms with Gasteiger partial charge in [0.05, 0.1) is 14.2 Å². The smallest absolute Gasteiger partial charge is 0.259 e. The second-order valence-corrected chi connectivity index (χ2v) is 3.14. The molecule has 88 valence electrons. The van der Waals surface area contributed by atoms with E-state index in [1.807, 2.05) is 0 Å². The fourth-order valence-corrected chi connectivity index (χ4v) is 1.27. The summed E-state index contributed by atoms with van der Waals surface area (Å²) in [4.78, 5) is 10.9. The molecule has 0 radical (unpaired) electrons. The van der Waals surface area contributed by atoms with Gasteiger partial charge in [-0.1, -0.05) is 0 Å². The van der Waals surface area contributed by atoms with Gasteiger partial charge in [0.25, 0.3) is 5.91 Å². The average molecular weight is 232 g/mol. The molecule has 2 N–H and O–H groups in total. The van der Waals surface area contributed by atoms with E-state index in [4.69, 9.17) is 20.5 Å². The maximum atomic E-state index is 10.9. The topological polar surface area (TPSA) is 85.3 Å². The molecule has 1 aromatic carbocycles. The molecule has 0 heterocycles. The van der Waals surface area contributed by atoms with Crippen LogP contribution in [-0.2, 0) is 4.79 Å². The summed E-state index contributed by atoms with van der Waals surface area (Å²) in [6.07, 6.45) is 1.36. The van der Waals surface area contributed by atoms with Gasteiger partial charge in [0, 0.05) is 5.56 Å². The van der Waals surface area contributed by atoms with Crippen LogP contribution in [0.2, 0.25) is 0 Å². The van der Waals surface area contributed by atoms with Crippen molar-refractivity contribution in [3.63, 3.8) is 0 Å². The third-order valence-corrected chi connectivity index (χ3v) is 2.12. The molecule has 0 atom stereocenters. The summed E-state index contributed by atoms with van der Waals surface area (Å²) in [5, 5.41) is 8.76. The fraction of sp³-hybridized carbons (Fsp3) is 0.167. The number of nitrogens with two attached hydrogens (primary N) is 1. The lowest BCUT2D eigenvalue weighted by Gasteiger charge is -2.07. The quantitative estimate of drug-likeness (QED) is 0.622. The number of hydrogen-bond acceptors (Lipinski definition) is 4. The molecule has 0 aliphatic rings. The second kappa shape index (κ2) is 5.56. The predicted octanol–water partition coefficient (Wildman–Crippen LogP) is 1.10. The lowest BCUT2D eigenvalue weighted by atomic mass is 10.1. The zero-order valence-electron chi connectivity index (χ0n) is 9.56. The van der Waals surface area contributed by atoms with Gasteiger partial charge < -0.3 is 15.2 Å². The van der Waals surface area contributed by atoms with E-state index in [1.54, 1.807) is 24.3 Å². The van der Waals surface area contributed by atoms with Crippen LogP contribution in [0.4, 0.5) is 0 Å². The van der Waals surface area contributed by atoms with E-state index in [0.717, 1.165) is 0 Å². The zero-order valence-corrected chi connectivity index (χ0v) is 9.56. The highest BCUT2D eigenvalue weighted by Crippen LogP contribution is 2.25. The normalized spacial score (nSPS) is 10.5. The first kappa shape index (κ1) is 12.6. The van der Waals surface area contributed by atoms with Gasteiger partial charge in [0.1, 0.15) is 23.1 Å². The minimum absolute atomic E-state index is 0.142. The Kier molecular flexibility index (Phi) is 4.12. The van der Waals surface area contributed by atoms with Gasteiger partial charge in [-0.25, -0.2) is 0 Å². The molecular formula is C12H12N2O3. The van der Waals surface area contributed by atoms with Crippen LogP contribution in [0.25, 0.3) is 6.08 Å². The van der Waals surface area contributed by atoms with Crippen LogP contribution in [0.3, 0.4) is 0 Å². The van der Waals surface area contributed by atoms with Gasteiger partial charge in [0.15, 0.2) is 0 Å². The number of methoxy groups -OCH3 is 2. The van der Waals surface area contributed by atoms with Crippen molar-refractivity contribution >= 4 is 12.0 Å². The highest BCUT2D eigenvalue weighted by Gasteiger charge is 2.07. The van der Waals surface area contributed by atoms with Crippen LogP contribution in [-0.4, -0.2) is 20.1 Å². The van der Waals surface area contributed by atoms with Crippen molar-refractivity contribution in [2.24, 2.45) is 5.73 Å². The Morgan fingerprint density at radius 3 is 2.59 bits per heavy atom. The number of carbonyl (C=O) groups is 1. The molecule has 17 heavy (non-hydrogen) atoms. The maximum Gasteiger partial charge on any atom is 0.259 e. The minimum atomic E-state index is -0.780. The van der Waals surface area contributed by atoms with Gasteiger partial charge in [0.2, 0.25) is 0 Å². The molecular weight excluding hydrogens is 220 g/mol. The molecule has 0 spiro atoms. The number of amides is 1. The molecule has 1 rings (SSSR count). The average Bonchev–Trinajstić information content (AvgIpc) is 2.35. The minimum Gasteiger partial charge on any atom is -0.497 e. The van der Waals surface area contributed by atoms with Crippen LogP contribution < -0.4 is 15.2 Å². The summed E-state index contributed by atoms with van der Waals surface area (Å²) in [5.41, 5.74) is 5.47. The Morgan fingerprint density at radius 2 is 2.12 bits per heavy atom. The van der Waals surface area contributed by atoms with E-state index >= 15 is 0 Å². The van der Waals surface area contributed by atoms with Crippen molar-refractivity contribution in [1.29, 1.82) is 5.26 Å². The maximum absolute atomic E-state index is 10.9. The molecule has 1 aromatic rings. The van der Waals surface area contributed by atoms with E-state index in [2.05, 4.69) is 0 Å². The molecule has 5 heteroatoms. The summed E-state index contributed by atoms with van der Waals surface area (Å²) < 4.78 is 10.2. The zero-order chi connectivity index (χ0) is 12.8. The molecule has 0 unspecified atom stereocenters. The van der Waals surface area contributed by atoms with E-state index in [1.165, 1.54) is 20.3 Å². The van der Waals surface area contributed by atoms with Crippen LogP contribution in [0.5, 0.6) is 11.5 Å². The lowest BCUT2D eigenvalue weighted by Crippen LogP contribution is -2.12. The van der Waals surface area contributed by atoms with Crippen molar-refractivity contribution in [1.82, 2.24) is 0 Å². The SMILES string of the molecule is COc1ccc(OC)c(/C=C(\C#N)C(N)=O)c1. The molecule has 0 saturated carbocycles. The van der Waals surface area contributed by atoms with Gasteiger partial charge in [-0.05, 0) is 24.3 Å². The van der Waals surface area contributed by atoms with Crippen molar-refractivity contribution in [2.45, 2.75) is 0 Å². The Labute approximate surface area is 99.1 Å². The molecule has 5 nitrogen and oxygen atoms in total. The monoisotopic (exact) mass is 232 g/mol. The van der Waals surface area contributed by atoms with Gasteiger partial charge in [-0.3, -0.25) is 4.79 Å². The number of nitrogens with zero attached hydrogens (tertiary/aromatic N) is 1. The first-order valence-electron chi connectivity index (χ1n) is 4.76. The van der Waals surface area contributed by atoms with E-state index in [9.17, 15) is 4.79 Å². The Balaban J connectivity index is 3.28. The van der Waals surface area contributed by atoms with Crippen molar-refractivity contribution < 1.29 is 14.3 Å². The molecule has 1 amide bonds. The van der Waals surface area contributed by atoms with Crippen LogP contribution in [0.15, 0.2) is 23.8 Å². The van der Waals surface area contributed by atoms with E-state index in [-0.39, 0.29) is 5.57 Å². The lowest BCUT2D eigenvalue weighted by molar-refractivity contribution is -0.114. The Morgan fingerprint density at radius 1 is 1.41 bits per heavy atom. The summed E-state index contributed by atoms with van der Waals surface area (Å²) in [6, 6.07) is 6.78. The van der Waals surface area contributed by atoms with Crippen LogP contribution >= 0.6 is 0 Å². The van der Waals surface area contributed by atoms with Gasteiger partial charge in [-0.15, -0.1) is 0 Å².